The number of carbonyl (C=O) groups excluding carboxylic acids is 1. The number of nitrogens with two attached hydrogens (primary N) is 1. The highest BCUT2D eigenvalue weighted by molar-refractivity contribution is 7.93. The number of hydrogen-bond acceptors (Lipinski definition) is 6. The van der Waals surface area contributed by atoms with Gasteiger partial charge in [0.1, 0.15) is 11.6 Å². The number of hydrogen-bond donors (Lipinski definition) is 1. The maximum atomic E-state index is 13.7. The van der Waals surface area contributed by atoms with Crippen LogP contribution in [0.15, 0.2) is 71.6 Å². The fraction of sp³-hybridized carbons (Fsp3) is 0.130. The molecule has 0 aromatic heterocycles. The van der Waals surface area contributed by atoms with E-state index >= 15 is 0 Å². The van der Waals surface area contributed by atoms with Gasteiger partial charge in [0.05, 0.1) is 28.8 Å². The van der Waals surface area contributed by atoms with Crippen LogP contribution >= 0.6 is 0 Å². The molecule has 3 aromatic rings. The molecule has 1 aliphatic rings. The summed E-state index contributed by atoms with van der Waals surface area (Å²) in [4.78, 5) is 13.5. The van der Waals surface area contributed by atoms with Gasteiger partial charge in [0.25, 0.3) is 15.9 Å². The standard InChI is InChI=1S/C23H18FN3O4S/c1-2-31-21-6-4-3-5-18(21)23(26)19-13-15(14-25)7-12-20(19)27(22(23)28)32(29,30)17-10-8-16(24)9-11-17/h3-13H,2,26H2,1H3. The van der Waals surface area contributed by atoms with Crippen LogP contribution in [-0.2, 0) is 20.4 Å². The lowest BCUT2D eigenvalue weighted by atomic mass is 9.83. The van der Waals surface area contributed by atoms with Crippen LogP contribution < -0.4 is 14.8 Å². The number of fused-ring (bicyclic) bond motifs is 1. The highest BCUT2D eigenvalue weighted by Crippen LogP contribution is 2.47. The van der Waals surface area contributed by atoms with Gasteiger partial charge in [-0.1, -0.05) is 18.2 Å². The second-order valence-corrected chi connectivity index (χ2v) is 8.90. The van der Waals surface area contributed by atoms with Crippen LogP contribution in [0.2, 0.25) is 0 Å². The number of nitriles is 1. The molecule has 162 valence electrons. The largest absolute Gasteiger partial charge is 0.493 e. The highest BCUT2D eigenvalue weighted by Gasteiger charge is 2.55. The molecule has 9 heteroatoms. The van der Waals surface area contributed by atoms with Gasteiger partial charge < -0.3 is 10.5 Å². The first-order valence-corrected chi connectivity index (χ1v) is 11.1. The van der Waals surface area contributed by atoms with Crippen LogP contribution in [0.4, 0.5) is 10.1 Å². The van der Waals surface area contributed by atoms with Gasteiger partial charge in [-0.2, -0.15) is 5.26 Å². The summed E-state index contributed by atoms with van der Waals surface area (Å²) >= 11 is 0. The van der Waals surface area contributed by atoms with Crippen molar-refractivity contribution in [2.24, 2.45) is 5.73 Å². The molecule has 4 rings (SSSR count). The first kappa shape index (κ1) is 21.5. The number of para-hydroxylation sites is 1. The van der Waals surface area contributed by atoms with Gasteiger partial charge in [0.2, 0.25) is 0 Å². The van der Waals surface area contributed by atoms with E-state index in [1.807, 2.05) is 6.07 Å². The summed E-state index contributed by atoms with van der Waals surface area (Å²) in [5, 5.41) is 9.38. The average molecular weight is 451 g/mol. The Labute approximate surface area is 184 Å². The van der Waals surface area contributed by atoms with E-state index in [0.29, 0.717) is 16.7 Å². The summed E-state index contributed by atoms with van der Waals surface area (Å²) in [7, 11) is -4.43. The summed E-state index contributed by atoms with van der Waals surface area (Å²) in [6.07, 6.45) is 0. The summed E-state index contributed by atoms with van der Waals surface area (Å²) < 4.78 is 46.5. The summed E-state index contributed by atoms with van der Waals surface area (Å²) in [6.45, 7) is 2.06. The number of anilines is 1. The van der Waals surface area contributed by atoms with Crippen LogP contribution in [0.5, 0.6) is 5.75 Å². The van der Waals surface area contributed by atoms with Crippen molar-refractivity contribution in [2.45, 2.75) is 17.4 Å². The fourth-order valence-corrected chi connectivity index (χ4v) is 5.24. The maximum absolute atomic E-state index is 13.7. The van der Waals surface area contributed by atoms with Crippen LogP contribution in [0.3, 0.4) is 0 Å². The second kappa shape index (κ2) is 7.75. The third kappa shape index (κ3) is 3.12. The number of nitrogens with zero attached hydrogens (tertiary/aromatic N) is 2. The molecule has 1 heterocycles. The molecule has 0 saturated carbocycles. The van der Waals surface area contributed by atoms with Crippen molar-refractivity contribution < 1.29 is 22.3 Å². The van der Waals surface area contributed by atoms with Gasteiger partial charge in [-0.15, -0.1) is 0 Å². The van der Waals surface area contributed by atoms with Crippen molar-refractivity contribution in [3.8, 4) is 11.8 Å². The van der Waals surface area contributed by atoms with E-state index in [2.05, 4.69) is 0 Å². The average Bonchev–Trinajstić information content (AvgIpc) is 3.02. The molecule has 1 amide bonds. The Hall–Kier alpha value is -3.74. The molecule has 0 aliphatic carbocycles. The minimum absolute atomic E-state index is 0.0205. The van der Waals surface area contributed by atoms with Crippen molar-refractivity contribution in [1.29, 1.82) is 5.26 Å². The molecule has 1 atom stereocenters. The topological polar surface area (TPSA) is 113 Å². The van der Waals surface area contributed by atoms with Crippen molar-refractivity contribution in [3.63, 3.8) is 0 Å². The van der Waals surface area contributed by atoms with Crippen molar-refractivity contribution in [1.82, 2.24) is 0 Å². The first-order valence-electron chi connectivity index (χ1n) is 9.66. The summed E-state index contributed by atoms with van der Waals surface area (Å²) in [5.74, 6) is -1.23. The molecule has 1 unspecified atom stereocenters. The van der Waals surface area contributed by atoms with Gasteiger partial charge in [-0.05, 0) is 55.5 Å². The van der Waals surface area contributed by atoms with Gasteiger partial charge in [-0.25, -0.2) is 17.1 Å². The normalized spacial score (nSPS) is 17.7. The van der Waals surface area contributed by atoms with Gasteiger partial charge in [0, 0.05) is 11.1 Å². The van der Waals surface area contributed by atoms with Crippen molar-refractivity contribution in [2.75, 3.05) is 10.9 Å². The molecule has 0 saturated heterocycles. The third-order valence-electron chi connectivity index (χ3n) is 5.25. The van der Waals surface area contributed by atoms with Gasteiger partial charge in [0.15, 0.2) is 5.54 Å². The zero-order chi connectivity index (χ0) is 23.1. The molecule has 3 aromatic carbocycles. The summed E-state index contributed by atoms with van der Waals surface area (Å²) in [6, 6.07) is 16.9. The van der Waals surface area contributed by atoms with E-state index in [1.54, 1.807) is 31.2 Å². The third-order valence-corrected chi connectivity index (χ3v) is 6.97. The number of sulfonamides is 1. The Balaban J connectivity index is 1.99. The molecule has 0 bridgehead atoms. The number of halogens is 1. The Morgan fingerprint density at radius 2 is 1.78 bits per heavy atom. The molecular formula is C23H18FN3O4S. The predicted octanol–water partition coefficient (Wildman–Crippen LogP) is 3.03. The fourth-order valence-electron chi connectivity index (χ4n) is 3.77. The minimum Gasteiger partial charge on any atom is -0.493 e. The molecule has 0 fully saturated rings. The Morgan fingerprint density at radius 3 is 2.44 bits per heavy atom. The molecular weight excluding hydrogens is 433 g/mol. The molecule has 0 radical (unpaired) electrons. The molecule has 2 N–H and O–H groups in total. The smallest absolute Gasteiger partial charge is 0.270 e. The van der Waals surface area contributed by atoms with Gasteiger partial charge in [-0.3, -0.25) is 4.79 Å². The van der Waals surface area contributed by atoms with Crippen LogP contribution in [0.25, 0.3) is 0 Å². The number of benzene rings is 3. The lowest BCUT2D eigenvalue weighted by molar-refractivity contribution is -0.120. The lowest BCUT2D eigenvalue weighted by Crippen LogP contribution is -2.49. The van der Waals surface area contributed by atoms with Crippen molar-refractivity contribution >= 4 is 21.6 Å². The van der Waals surface area contributed by atoms with E-state index in [0.717, 1.165) is 24.3 Å². The van der Waals surface area contributed by atoms with E-state index < -0.39 is 27.3 Å². The SMILES string of the molecule is CCOc1ccccc1C1(N)C(=O)N(S(=O)(=O)c2ccc(F)cc2)c2ccc(C#N)cc21. The van der Waals surface area contributed by atoms with Crippen LogP contribution in [0, 0.1) is 17.1 Å². The first-order chi connectivity index (χ1) is 15.2. The Bertz CT molecular complexity index is 1370. The zero-order valence-corrected chi connectivity index (χ0v) is 17.8. The lowest BCUT2D eigenvalue weighted by Gasteiger charge is -2.26. The summed E-state index contributed by atoms with van der Waals surface area (Å²) in [5.41, 5.74) is 5.39. The van der Waals surface area contributed by atoms with Crippen LogP contribution in [0.1, 0.15) is 23.6 Å². The quantitative estimate of drug-likeness (QED) is 0.638. The monoisotopic (exact) mass is 451 g/mol. The van der Waals surface area contributed by atoms with Crippen molar-refractivity contribution in [3.05, 3.63) is 89.2 Å². The second-order valence-electron chi connectivity index (χ2n) is 7.11. The van der Waals surface area contributed by atoms with E-state index in [9.17, 15) is 22.9 Å². The number of amides is 1. The highest BCUT2D eigenvalue weighted by atomic mass is 32.2. The predicted molar refractivity (Wildman–Crippen MR) is 115 cm³/mol. The minimum atomic E-state index is -4.43. The van der Waals surface area contributed by atoms with E-state index in [-0.39, 0.29) is 27.3 Å². The molecule has 1 aliphatic heterocycles. The molecule has 7 nitrogen and oxygen atoms in total. The zero-order valence-electron chi connectivity index (χ0n) is 16.9. The van der Waals surface area contributed by atoms with E-state index in [4.69, 9.17) is 10.5 Å². The van der Waals surface area contributed by atoms with Crippen LogP contribution in [-0.4, -0.2) is 20.9 Å². The molecule has 0 spiro atoms. The Kier molecular flexibility index (Phi) is 5.20. The van der Waals surface area contributed by atoms with Gasteiger partial charge >= 0.3 is 0 Å². The maximum Gasteiger partial charge on any atom is 0.270 e. The molecule has 32 heavy (non-hydrogen) atoms. The number of carbonyl (C=O) groups is 1. The number of rotatable bonds is 5. The van der Waals surface area contributed by atoms with E-state index in [1.165, 1.54) is 18.2 Å². The number of ether oxygens (including phenoxy) is 1. The Morgan fingerprint density at radius 1 is 1.09 bits per heavy atom.